The quantitative estimate of drug-likeness (QED) is 0.474. The molecule has 1 rings (SSSR count). The first-order valence-electron chi connectivity index (χ1n) is 3.26. The zero-order valence-electron chi connectivity index (χ0n) is 6.26. The predicted octanol–water partition coefficient (Wildman–Crippen LogP) is -1.23. The summed E-state index contributed by atoms with van der Waals surface area (Å²) in [4.78, 5) is 31.0. The second-order valence-electron chi connectivity index (χ2n) is 2.60. The summed E-state index contributed by atoms with van der Waals surface area (Å²) in [7, 11) is 0. The molecule has 2 atom stereocenters. The Labute approximate surface area is 71.5 Å². The van der Waals surface area contributed by atoms with Gasteiger partial charge in [-0.15, -0.1) is 0 Å². The molecule has 0 spiro atoms. The highest BCUT2D eigenvalue weighted by molar-refractivity contribution is 5.95. The summed E-state index contributed by atoms with van der Waals surface area (Å²) in [5.41, 5.74) is -2.07. The van der Waals surface area contributed by atoms with E-state index in [4.69, 9.17) is 15.3 Å². The Morgan fingerprint density at radius 1 is 1.23 bits per heavy atom. The molecule has 0 aromatic carbocycles. The molecular formula is C6H6O7. The molecule has 0 radical (unpaired) electrons. The molecule has 1 saturated heterocycles. The molecule has 7 heteroatoms. The molecule has 0 bridgehead atoms. The maximum absolute atomic E-state index is 10.5. The SMILES string of the molecule is O=C(O)C[C@]1(C(=O)O)OC1C(=O)O. The molecular weight excluding hydrogens is 184 g/mol. The lowest BCUT2D eigenvalue weighted by molar-refractivity contribution is -0.150. The fourth-order valence-electron chi connectivity index (χ4n) is 1.02. The molecule has 0 aliphatic carbocycles. The van der Waals surface area contributed by atoms with Crippen LogP contribution < -0.4 is 0 Å². The normalized spacial score (nSPS) is 30.9. The van der Waals surface area contributed by atoms with Crippen molar-refractivity contribution in [3.05, 3.63) is 0 Å². The zero-order chi connectivity index (χ0) is 10.2. The highest BCUT2D eigenvalue weighted by atomic mass is 16.7. The molecule has 3 N–H and O–H groups in total. The Hall–Kier alpha value is -1.63. The van der Waals surface area contributed by atoms with E-state index >= 15 is 0 Å². The topological polar surface area (TPSA) is 124 Å². The minimum absolute atomic E-state index is 0.848. The highest BCUT2D eigenvalue weighted by Crippen LogP contribution is 2.40. The molecule has 1 heterocycles. The van der Waals surface area contributed by atoms with Crippen LogP contribution in [0.1, 0.15) is 6.42 Å². The van der Waals surface area contributed by atoms with Gasteiger partial charge in [-0.05, 0) is 0 Å². The number of epoxide rings is 1. The second-order valence-corrected chi connectivity index (χ2v) is 2.60. The Bertz CT molecular complexity index is 283. The van der Waals surface area contributed by atoms with E-state index in [1.807, 2.05) is 0 Å². The molecule has 0 saturated carbocycles. The van der Waals surface area contributed by atoms with Gasteiger partial charge in [0.2, 0.25) is 5.60 Å². The van der Waals surface area contributed by atoms with Gasteiger partial charge in [0.1, 0.15) is 0 Å². The van der Waals surface area contributed by atoms with E-state index in [1.165, 1.54) is 0 Å². The van der Waals surface area contributed by atoms with Gasteiger partial charge in [-0.1, -0.05) is 0 Å². The fraction of sp³-hybridized carbons (Fsp3) is 0.500. The largest absolute Gasteiger partial charge is 0.481 e. The van der Waals surface area contributed by atoms with Gasteiger partial charge < -0.3 is 20.1 Å². The summed E-state index contributed by atoms with van der Waals surface area (Å²) in [5, 5.41) is 25.2. The molecule has 1 unspecified atom stereocenters. The first-order valence-corrected chi connectivity index (χ1v) is 3.26. The van der Waals surface area contributed by atoms with Crippen LogP contribution in [0.5, 0.6) is 0 Å². The van der Waals surface area contributed by atoms with Crippen LogP contribution in [0.15, 0.2) is 0 Å². The molecule has 72 valence electrons. The van der Waals surface area contributed by atoms with Crippen molar-refractivity contribution in [3.8, 4) is 0 Å². The third kappa shape index (κ3) is 1.45. The number of aliphatic carboxylic acids is 3. The van der Waals surface area contributed by atoms with E-state index in [0.717, 1.165) is 0 Å². The zero-order valence-corrected chi connectivity index (χ0v) is 6.26. The van der Waals surface area contributed by atoms with E-state index < -0.39 is 36.0 Å². The second kappa shape index (κ2) is 2.70. The maximum Gasteiger partial charge on any atom is 0.340 e. The van der Waals surface area contributed by atoms with E-state index in [-0.39, 0.29) is 0 Å². The van der Waals surface area contributed by atoms with Gasteiger partial charge in [0.05, 0.1) is 6.42 Å². The summed E-state index contributed by atoms with van der Waals surface area (Å²) < 4.78 is 4.36. The van der Waals surface area contributed by atoms with Crippen molar-refractivity contribution in [3.63, 3.8) is 0 Å². The Morgan fingerprint density at radius 2 is 1.77 bits per heavy atom. The van der Waals surface area contributed by atoms with Crippen LogP contribution in [0.4, 0.5) is 0 Å². The molecule has 1 aliphatic rings. The highest BCUT2D eigenvalue weighted by Gasteiger charge is 2.68. The molecule has 1 fully saturated rings. The number of carboxylic acids is 3. The van der Waals surface area contributed by atoms with Crippen LogP contribution >= 0.6 is 0 Å². The van der Waals surface area contributed by atoms with E-state index in [1.54, 1.807) is 0 Å². The lowest BCUT2D eigenvalue weighted by atomic mass is 10.0. The number of hydrogen-bond donors (Lipinski definition) is 3. The summed E-state index contributed by atoms with van der Waals surface area (Å²) in [6.45, 7) is 0. The standard InChI is InChI=1S/C6H6O7/c7-2(8)1-6(5(11)12)3(13-6)4(9)10/h3H,1H2,(H,7,8)(H,9,10)(H,11,12)/t3?,6-/m0/s1. The van der Waals surface area contributed by atoms with Crippen molar-refractivity contribution in [2.24, 2.45) is 0 Å². The number of rotatable bonds is 4. The summed E-state index contributed by atoms with van der Waals surface area (Å²) in [6.07, 6.45) is -2.40. The van der Waals surface area contributed by atoms with Crippen LogP contribution in [-0.4, -0.2) is 44.9 Å². The average molecular weight is 190 g/mol. The molecule has 7 nitrogen and oxygen atoms in total. The van der Waals surface area contributed by atoms with Crippen LogP contribution in [0.2, 0.25) is 0 Å². The van der Waals surface area contributed by atoms with E-state index in [9.17, 15) is 14.4 Å². The fourth-order valence-corrected chi connectivity index (χ4v) is 1.02. The van der Waals surface area contributed by atoms with Gasteiger partial charge >= 0.3 is 17.9 Å². The van der Waals surface area contributed by atoms with E-state index in [2.05, 4.69) is 4.74 Å². The Kier molecular flexibility index (Phi) is 1.96. The van der Waals surface area contributed by atoms with Gasteiger partial charge in [-0.2, -0.15) is 0 Å². The van der Waals surface area contributed by atoms with Crippen LogP contribution in [-0.2, 0) is 19.1 Å². The molecule has 0 aromatic rings. The van der Waals surface area contributed by atoms with Crippen molar-refractivity contribution < 1.29 is 34.4 Å². The lowest BCUT2D eigenvalue weighted by Crippen LogP contribution is -2.32. The first kappa shape index (κ1) is 9.46. The summed E-state index contributed by atoms with van der Waals surface area (Å²) in [5.74, 6) is -4.45. The third-order valence-electron chi connectivity index (χ3n) is 1.69. The van der Waals surface area contributed by atoms with Crippen molar-refractivity contribution >= 4 is 17.9 Å². The van der Waals surface area contributed by atoms with Crippen LogP contribution in [0.3, 0.4) is 0 Å². The smallest absolute Gasteiger partial charge is 0.340 e. The number of hydrogen-bond acceptors (Lipinski definition) is 4. The lowest BCUT2D eigenvalue weighted by Gasteiger charge is -2.01. The van der Waals surface area contributed by atoms with Crippen molar-refractivity contribution in [2.75, 3.05) is 0 Å². The molecule has 0 aromatic heterocycles. The van der Waals surface area contributed by atoms with Gasteiger partial charge in [-0.3, -0.25) is 4.79 Å². The van der Waals surface area contributed by atoms with Crippen molar-refractivity contribution in [1.82, 2.24) is 0 Å². The van der Waals surface area contributed by atoms with Crippen molar-refractivity contribution in [2.45, 2.75) is 18.1 Å². The summed E-state index contributed by atoms with van der Waals surface area (Å²) in [6, 6.07) is 0. The number of carbonyl (C=O) groups is 3. The Morgan fingerprint density at radius 3 is 2.00 bits per heavy atom. The molecule has 0 amide bonds. The summed E-state index contributed by atoms with van der Waals surface area (Å²) >= 11 is 0. The number of ether oxygens (including phenoxy) is 1. The minimum Gasteiger partial charge on any atom is -0.481 e. The predicted molar refractivity (Wildman–Crippen MR) is 35.1 cm³/mol. The Balaban J connectivity index is 2.77. The van der Waals surface area contributed by atoms with E-state index in [0.29, 0.717) is 0 Å². The monoisotopic (exact) mass is 190 g/mol. The average Bonchev–Trinajstić information content (AvgIpc) is 2.62. The molecule has 13 heavy (non-hydrogen) atoms. The van der Waals surface area contributed by atoms with Crippen LogP contribution in [0.25, 0.3) is 0 Å². The minimum atomic E-state index is -2.07. The first-order chi connectivity index (χ1) is 5.90. The third-order valence-corrected chi connectivity index (χ3v) is 1.69. The molecule has 1 aliphatic heterocycles. The van der Waals surface area contributed by atoms with Crippen molar-refractivity contribution in [1.29, 1.82) is 0 Å². The van der Waals surface area contributed by atoms with Crippen LogP contribution in [0, 0.1) is 0 Å². The number of carboxylic acid groups (broad SMARTS) is 3. The van der Waals surface area contributed by atoms with Gasteiger partial charge in [0.15, 0.2) is 6.10 Å². The van der Waals surface area contributed by atoms with Gasteiger partial charge in [0, 0.05) is 0 Å². The van der Waals surface area contributed by atoms with Gasteiger partial charge in [0.25, 0.3) is 0 Å². The van der Waals surface area contributed by atoms with Gasteiger partial charge in [-0.25, -0.2) is 9.59 Å². The maximum atomic E-state index is 10.5.